The fourth-order valence-electron chi connectivity index (χ4n) is 2.39. The molecule has 0 saturated heterocycles. The number of halogens is 1. The van der Waals surface area contributed by atoms with Crippen LogP contribution in [0.2, 0.25) is 5.02 Å². The van der Waals surface area contributed by atoms with Crippen LogP contribution in [0.4, 0.5) is 0 Å². The SMILES string of the molecule is COc1ccc(C(N)Cc2cc(Cl)ccc2OC)cc1C. The first kappa shape index (κ1) is 15.7. The van der Waals surface area contributed by atoms with E-state index < -0.39 is 0 Å². The van der Waals surface area contributed by atoms with E-state index in [1.165, 1.54) is 0 Å². The first-order valence-corrected chi connectivity index (χ1v) is 7.15. The Balaban J connectivity index is 2.23. The Morgan fingerprint density at radius 1 is 1.05 bits per heavy atom. The zero-order valence-electron chi connectivity index (χ0n) is 12.5. The zero-order valence-corrected chi connectivity index (χ0v) is 13.3. The number of hydrogen-bond donors (Lipinski definition) is 1. The van der Waals surface area contributed by atoms with Gasteiger partial charge in [0.15, 0.2) is 0 Å². The van der Waals surface area contributed by atoms with Gasteiger partial charge in [0.2, 0.25) is 0 Å². The highest BCUT2D eigenvalue weighted by atomic mass is 35.5. The third kappa shape index (κ3) is 3.69. The van der Waals surface area contributed by atoms with E-state index >= 15 is 0 Å². The average molecular weight is 306 g/mol. The van der Waals surface area contributed by atoms with Crippen LogP contribution in [0.15, 0.2) is 36.4 Å². The summed E-state index contributed by atoms with van der Waals surface area (Å²) in [5.41, 5.74) is 9.46. The Kier molecular flexibility index (Phi) is 5.10. The standard InChI is InChI=1S/C17H20ClNO2/c1-11-8-12(4-6-16(11)20-2)15(19)10-13-9-14(18)5-7-17(13)21-3/h4-9,15H,10,19H2,1-3H3. The fourth-order valence-corrected chi connectivity index (χ4v) is 2.59. The van der Waals surface area contributed by atoms with Gasteiger partial charge in [0.05, 0.1) is 14.2 Å². The van der Waals surface area contributed by atoms with E-state index in [9.17, 15) is 0 Å². The van der Waals surface area contributed by atoms with Gasteiger partial charge < -0.3 is 15.2 Å². The van der Waals surface area contributed by atoms with E-state index in [1.54, 1.807) is 14.2 Å². The van der Waals surface area contributed by atoms with E-state index in [0.717, 1.165) is 28.2 Å². The fraction of sp³-hybridized carbons (Fsp3) is 0.294. The number of benzene rings is 2. The predicted octanol–water partition coefficient (Wildman–Crippen LogP) is 3.91. The molecule has 0 spiro atoms. The lowest BCUT2D eigenvalue weighted by Crippen LogP contribution is -2.14. The van der Waals surface area contributed by atoms with Gasteiger partial charge >= 0.3 is 0 Å². The Morgan fingerprint density at radius 3 is 2.33 bits per heavy atom. The summed E-state index contributed by atoms with van der Waals surface area (Å²) in [6.45, 7) is 2.01. The van der Waals surface area contributed by atoms with Gasteiger partial charge in [0.25, 0.3) is 0 Å². The second-order valence-electron chi connectivity index (χ2n) is 5.00. The Morgan fingerprint density at radius 2 is 1.71 bits per heavy atom. The molecule has 2 rings (SSSR count). The number of aryl methyl sites for hydroxylation is 1. The zero-order chi connectivity index (χ0) is 15.4. The van der Waals surface area contributed by atoms with Crippen molar-refractivity contribution in [3.05, 3.63) is 58.1 Å². The van der Waals surface area contributed by atoms with Gasteiger partial charge in [-0.1, -0.05) is 23.7 Å². The summed E-state index contributed by atoms with van der Waals surface area (Å²) in [5.74, 6) is 1.67. The first-order valence-electron chi connectivity index (χ1n) is 6.77. The highest BCUT2D eigenvalue weighted by molar-refractivity contribution is 6.30. The predicted molar refractivity (Wildman–Crippen MR) is 86.4 cm³/mol. The largest absolute Gasteiger partial charge is 0.496 e. The Labute approximate surface area is 130 Å². The summed E-state index contributed by atoms with van der Waals surface area (Å²) in [7, 11) is 3.31. The van der Waals surface area contributed by atoms with Crippen LogP contribution in [0, 0.1) is 6.92 Å². The maximum absolute atomic E-state index is 6.32. The lowest BCUT2D eigenvalue weighted by molar-refractivity contribution is 0.407. The molecule has 2 aromatic carbocycles. The van der Waals surface area contributed by atoms with E-state index in [1.807, 2.05) is 37.3 Å². The van der Waals surface area contributed by atoms with Crippen LogP contribution in [0.25, 0.3) is 0 Å². The minimum absolute atomic E-state index is 0.123. The summed E-state index contributed by atoms with van der Waals surface area (Å²) in [5, 5.41) is 0.684. The molecule has 1 atom stereocenters. The molecule has 4 heteroatoms. The maximum Gasteiger partial charge on any atom is 0.122 e. The van der Waals surface area contributed by atoms with Gasteiger partial charge in [-0.05, 0) is 54.3 Å². The minimum Gasteiger partial charge on any atom is -0.496 e. The molecule has 21 heavy (non-hydrogen) atoms. The van der Waals surface area contributed by atoms with Crippen molar-refractivity contribution in [3.8, 4) is 11.5 Å². The van der Waals surface area contributed by atoms with Gasteiger partial charge in [-0.25, -0.2) is 0 Å². The number of rotatable bonds is 5. The maximum atomic E-state index is 6.32. The van der Waals surface area contributed by atoms with Crippen molar-refractivity contribution in [2.24, 2.45) is 5.73 Å². The van der Waals surface area contributed by atoms with Crippen molar-refractivity contribution in [2.45, 2.75) is 19.4 Å². The molecule has 0 aliphatic carbocycles. The average Bonchev–Trinajstić information content (AvgIpc) is 2.47. The summed E-state index contributed by atoms with van der Waals surface area (Å²) in [6.07, 6.45) is 0.662. The number of ether oxygens (including phenoxy) is 2. The van der Waals surface area contributed by atoms with E-state index in [-0.39, 0.29) is 6.04 Å². The van der Waals surface area contributed by atoms with Crippen molar-refractivity contribution in [1.29, 1.82) is 0 Å². The van der Waals surface area contributed by atoms with Crippen LogP contribution in [0.5, 0.6) is 11.5 Å². The van der Waals surface area contributed by atoms with E-state index in [4.69, 9.17) is 26.8 Å². The van der Waals surface area contributed by atoms with Crippen molar-refractivity contribution in [3.63, 3.8) is 0 Å². The van der Waals surface area contributed by atoms with Crippen molar-refractivity contribution in [1.82, 2.24) is 0 Å². The van der Waals surface area contributed by atoms with Crippen LogP contribution in [-0.2, 0) is 6.42 Å². The van der Waals surface area contributed by atoms with Crippen LogP contribution < -0.4 is 15.2 Å². The molecule has 0 aromatic heterocycles. The quantitative estimate of drug-likeness (QED) is 0.911. The molecule has 112 valence electrons. The molecule has 2 N–H and O–H groups in total. The molecule has 0 fully saturated rings. The Bertz CT molecular complexity index is 628. The minimum atomic E-state index is -0.123. The second-order valence-corrected chi connectivity index (χ2v) is 5.43. The molecular formula is C17H20ClNO2. The molecule has 0 radical (unpaired) electrons. The van der Waals surface area contributed by atoms with Crippen LogP contribution in [0.3, 0.4) is 0 Å². The third-order valence-corrected chi connectivity index (χ3v) is 3.76. The van der Waals surface area contributed by atoms with Gasteiger partial charge in [-0.15, -0.1) is 0 Å². The molecule has 1 unspecified atom stereocenters. The van der Waals surface area contributed by atoms with Crippen molar-refractivity contribution >= 4 is 11.6 Å². The number of methoxy groups -OCH3 is 2. The molecule has 0 bridgehead atoms. The lowest BCUT2D eigenvalue weighted by atomic mass is 9.97. The first-order chi connectivity index (χ1) is 10.0. The van der Waals surface area contributed by atoms with Crippen LogP contribution in [0.1, 0.15) is 22.7 Å². The lowest BCUT2D eigenvalue weighted by Gasteiger charge is -2.16. The number of nitrogens with two attached hydrogens (primary N) is 1. The third-order valence-electron chi connectivity index (χ3n) is 3.53. The van der Waals surface area contributed by atoms with Crippen molar-refractivity contribution < 1.29 is 9.47 Å². The molecule has 0 aliphatic heterocycles. The molecule has 0 saturated carbocycles. The molecular weight excluding hydrogens is 286 g/mol. The van der Waals surface area contributed by atoms with Gasteiger partial charge in [-0.2, -0.15) is 0 Å². The van der Waals surface area contributed by atoms with Gasteiger partial charge in [0, 0.05) is 11.1 Å². The summed E-state index contributed by atoms with van der Waals surface area (Å²) in [6, 6.07) is 11.4. The monoisotopic (exact) mass is 305 g/mol. The van der Waals surface area contributed by atoms with E-state index in [0.29, 0.717) is 11.4 Å². The highest BCUT2D eigenvalue weighted by Crippen LogP contribution is 2.28. The van der Waals surface area contributed by atoms with Gasteiger partial charge in [0.1, 0.15) is 11.5 Å². The summed E-state index contributed by atoms with van der Waals surface area (Å²) >= 11 is 6.06. The molecule has 3 nitrogen and oxygen atoms in total. The van der Waals surface area contributed by atoms with Gasteiger partial charge in [-0.3, -0.25) is 0 Å². The normalized spacial score (nSPS) is 12.0. The van der Waals surface area contributed by atoms with E-state index in [2.05, 4.69) is 6.07 Å². The van der Waals surface area contributed by atoms with Crippen LogP contribution in [-0.4, -0.2) is 14.2 Å². The second kappa shape index (κ2) is 6.83. The van der Waals surface area contributed by atoms with Crippen LogP contribution >= 0.6 is 11.6 Å². The summed E-state index contributed by atoms with van der Waals surface area (Å²) < 4.78 is 10.6. The smallest absolute Gasteiger partial charge is 0.122 e. The Hall–Kier alpha value is -1.71. The van der Waals surface area contributed by atoms with Crippen molar-refractivity contribution in [2.75, 3.05) is 14.2 Å². The summed E-state index contributed by atoms with van der Waals surface area (Å²) in [4.78, 5) is 0. The topological polar surface area (TPSA) is 44.5 Å². The number of hydrogen-bond acceptors (Lipinski definition) is 3. The highest BCUT2D eigenvalue weighted by Gasteiger charge is 2.12. The molecule has 2 aromatic rings. The molecule has 0 heterocycles. The molecule has 0 aliphatic rings. The molecule has 0 amide bonds.